The molecule has 21 heavy (non-hydrogen) atoms. The summed E-state index contributed by atoms with van der Waals surface area (Å²) in [5.74, 6) is 1.20. The monoisotopic (exact) mass is 291 g/mol. The molecule has 0 spiro atoms. The number of hydrogen-bond donors (Lipinski definition) is 2. The maximum Gasteiger partial charge on any atom is 0.126 e. The highest BCUT2D eigenvalue weighted by molar-refractivity contribution is 5.58. The van der Waals surface area contributed by atoms with Gasteiger partial charge in [-0.25, -0.2) is 0 Å². The van der Waals surface area contributed by atoms with Gasteiger partial charge in [-0.05, 0) is 51.2 Å². The van der Waals surface area contributed by atoms with Crippen LogP contribution in [0.2, 0.25) is 0 Å². The molecule has 0 amide bonds. The second-order valence-electron chi connectivity index (χ2n) is 5.89. The standard InChI is InChI=1S/C18H29NO2/c1-13(2)8-6-9-14(3)12-16(20)18-15(19-4)10-7-11-17(18)21-5/h7-8,10-11,14,16,19-20H,6,9,12H2,1-5H3/t14-,16?/m1/s1. The number of methoxy groups -OCH3 is 1. The topological polar surface area (TPSA) is 41.5 Å². The zero-order valence-electron chi connectivity index (χ0n) is 13.9. The van der Waals surface area contributed by atoms with E-state index in [1.165, 1.54) is 5.57 Å². The van der Waals surface area contributed by atoms with Crippen LogP contribution < -0.4 is 10.1 Å². The highest BCUT2D eigenvalue weighted by atomic mass is 16.5. The Morgan fingerprint density at radius 3 is 2.67 bits per heavy atom. The van der Waals surface area contributed by atoms with Crippen molar-refractivity contribution in [2.45, 2.75) is 46.1 Å². The van der Waals surface area contributed by atoms with Gasteiger partial charge in [0.05, 0.1) is 13.2 Å². The molecule has 1 aromatic carbocycles. The third kappa shape index (κ3) is 5.43. The third-order valence-electron chi connectivity index (χ3n) is 3.73. The molecule has 0 aliphatic carbocycles. The van der Waals surface area contributed by atoms with Crippen LogP contribution in [0, 0.1) is 5.92 Å². The van der Waals surface area contributed by atoms with Gasteiger partial charge in [0.1, 0.15) is 5.75 Å². The van der Waals surface area contributed by atoms with Gasteiger partial charge in [0.2, 0.25) is 0 Å². The zero-order valence-corrected chi connectivity index (χ0v) is 13.9. The Morgan fingerprint density at radius 2 is 2.10 bits per heavy atom. The first kappa shape index (κ1) is 17.6. The Kier molecular flexibility index (Phi) is 7.30. The fourth-order valence-electron chi connectivity index (χ4n) is 2.56. The van der Waals surface area contributed by atoms with Crippen molar-refractivity contribution in [2.75, 3.05) is 19.5 Å². The molecule has 2 atom stereocenters. The third-order valence-corrected chi connectivity index (χ3v) is 3.73. The number of benzene rings is 1. The van der Waals surface area contributed by atoms with E-state index < -0.39 is 6.10 Å². The SMILES string of the molecule is CNc1cccc(OC)c1C(O)C[C@H](C)CCC=C(C)C. The summed E-state index contributed by atoms with van der Waals surface area (Å²) in [6, 6.07) is 5.79. The lowest BCUT2D eigenvalue weighted by Crippen LogP contribution is -2.09. The van der Waals surface area contributed by atoms with Crippen LogP contribution in [-0.4, -0.2) is 19.3 Å². The van der Waals surface area contributed by atoms with E-state index in [4.69, 9.17) is 4.74 Å². The van der Waals surface area contributed by atoms with E-state index in [1.54, 1.807) is 7.11 Å². The highest BCUT2D eigenvalue weighted by Gasteiger charge is 2.19. The van der Waals surface area contributed by atoms with Crippen LogP contribution in [0.25, 0.3) is 0 Å². The Hall–Kier alpha value is -1.48. The number of aliphatic hydroxyl groups excluding tert-OH is 1. The highest BCUT2D eigenvalue weighted by Crippen LogP contribution is 2.35. The predicted molar refractivity (Wildman–Crippen MR) is 89.9 cm³/mol. The summed E-state index contributed by atoms with van der Waals surface area (Å²) in [5, 5.41) is 13.7. The molecule has 0 fully saturated rings. The Bertz CT molecular complexity index is 442. The van der Waals surface area contributed by atoms with Crippen molar-refractivity contribution < 1.29 is 9.84 Å². The maximum absolute atomic E-state index is 10.6. The van der Waals surface area contributed by atoms with E-state index in [0.717, 1.165) is 36.3 Å². The van der Waals surface area contributed by atoms with Gasteiger partial charge in [-0.3, -0.25) is 0 Å². The minimum absolute atomic E-state index is 0.463. The van der Waals surface area contributed by atoms with E-state index in [2.05, 4.69) is 32.2 Å². The average molecular weight is 291 g/mol. The summed E-state index contributed by atoms with van der Waals surface area (Å²) in [5.41, 5.74) is 3.14. The lowest BCUT2D eigenvalue weighted by atomic mass is 9.93. The summed E-state index contributed by atoms with van der Waals surface area (Å²) in [6.45, 7) is 6.43. The van der Waals surface area contributed by atoms with Gasteiger partial charge in [0.25, 0.3) is 0 Å². The summed E-state index contributed by atoms with van der Waals surface area (Å²) >= 11 is 0. The maximum atomic E-state index is 10.6. The molecule has 3 heteroatoms. The second-order valence-corrected chi connectivity index (χ2v) is 5.89. The molecule has 118 valence electrons. The molecular weight excluding hydrogens is 262 g/mol. The molecule has 0 aliphatic heterocycles. The molecule has 1 aromatic rings. The van der Waals surface area contributed by atoms with E-state index >= 15 is 0 Å². The Morgan fingerprint density at radius 1 is 1.38 bits per heavy atom. The van der Waals surface area contributed by atoms with Crippen LogP contribution in [0.5, 0.6) is 5.75 Å². The fraction of sp³-hybridized carbons (Fsp3) is 0.556. The van der Waals surface area contributed by atoms with Gasteiger partial charge >= 0.3 is 0 Å². The average Bonchev–Trinajstić information content (AvgIpc) is 2.45. The number of aliphatic hydroxyl groups is 1. The second kappa shape index (κ2) is 8.73. The molecule has 0 aliphatic rings. The van der Waals surface area contributed by atoms with Crippen LogP contribution in [0.1, 0.15) is 51.7 Å². The molecule has 0 saturated carbocycles. The molecule has 0 bridgehead atoms. The van der Waals surface area contributed by atoms with Gasteiger partial charge in [0.15, 0.2) is 0 Å². The van der Waals surface area contributed by atoms with Crippen molar-refractivity contribution in [1.82, 2.24) is 0 Å². The zero-order chi connectivity index (χ0) is 15.8. The number of hydrogen-bond acceptors (Lipinski definition) is 3. The van der Waals surface area contributed by atoms with E-state index in [0.29, 0.717) is 5.92 Å². The Balaban J connectivity index is 2.74. The van der Waals surface area contributed by atoms with Crippen molar-refractivity contribution in [1.29, 1.82) is 0 Å². The molecular formula is C18H29NO2. The number of nitrogens with one attached hydrogen (secondary N) is 1. The van der Waals surface area contributed by atoms with Gasteiger partial charge in [0, 0.05) is 18.3 Å². The number of allylic oxidation sites excluding steroid dienone is 2. The van der Waals surface area contributed by atoms with Crippen LogP contribution in [0.3, 0.4) is 0 Å². The van der Waals surface area contributed by atoms with Gasteiger partial charge in [-0.15, -0.1) is 0 Å². The number of ether oxygens (including phenoxy) is 1. The molecule has 0 saturated heterocycles. The number of rotatable bonds is 8. The molecule has 0 heterocycles. The van der Waals surface area contributed by atoms with Gasteiger partial charge in [-0.2, -0.15) is 0 Å². The summed E-state index contributed by atoms with van der Waals surface area (Å²) in [7, 11) is 3.51. The first-order valence-electron chi connectivity index (χ1n) is 7.65. The summed E-state index contributed by atoms with van der Waals surface area (Å²) in [4.78, 5) is 0. The minimum Gasteiger partial charge on any atom is -0.496 e. The van der Waals surface area contributed by atoms with Crippen LogP contribution in [0.4, 0.5) is 5.69 Å². The normalized spacial score (nSPS) is 13.4. The van der Waals surface area contributed by atoms with Gasteiger partial charge < -0.3 is 15.2 Å². The molecule has 1 unspecified atom stereocenters. The van der Waals surface area contributed by atoms with E-state index in [1.807, 2.05) is 25.2 Å². The lowest BCUT2D eigenvalue weighted by Gasteiger charge is -2.21. The summed E-state index contributed by atoms with van der Waals surface area (Å²) in [6.07, 6.45) is 4.65. The minimum atomic E-state index is -0.509. The van der Waals surface area contributed by atoms with Crippen molar-refractivity contribution in [3.8, 4) is 5.75 Å². The molecule has 0 aromatic heterocycles. The lowest BCUT2D eigenvalue weighted by molar-refractivity contribution is 0.143. The van der Waals surface area contributed by atoms with Crippen molar-refractivity contribution in [3.63, 3.8) is 0 Å². The van der Waals surface area contributed by atoms with E-state index in [9.17, 15) is 5.11 Å². The molecule has 1 rings (SSSR count). The van der Waals surface area contributed by atoms with Crippen molar-refractivity contribution in [2.24, 2.45) is 5.92 Å². The quantitative estimate of drug-likeness (QED) is 0.691. The van der Waals surface area contributed by atoms with Crippen LogP contribution in [-0.2, 0) is 0 Å². The van der Waals surface area contributed by atoms with Crippen molar-refractivity contribution in [3.05, 3.63) is 35.4 Å². The molecule has 2 N–H and O–H groups in total. The summed E-state index contributed by atoms with van der Waals surface area (Å²) < 4.78 is 5.39. The molecule has 3 nitrogen and oxygen atoms in total. The Labute approximate surface area is 129 Å². The van der Waals surface area contributed by atoms with Crippen LogP contribution >= 0.6 is 0 Å². The largest absolute Gasteiger partial charge is 0.496 e. The first-order chi connectivity index (χ1) is 9.99. The van der Waals surface area contributed by atoms with Crippen molar-refractivity contribution >= 4 is 5.69 Å². The fourth-order valence-corrected chi connectivity index (χ4v) is 2.56. The smallest absolute Gasteiger partial charge is 0.126 e. The molecule has 0 radical (unpaired) electrons. The predicted octanol–water partition coefficient (Wildman–Crippen LogP) is 4.54. The first-order valence-corrected chi connectivity index (χ1v) is 7.65. The van der Waals surface area contributed by atoms with Crippen LogP contribution in [0.15, 0.2) is 29.8 Å². The van der Waals surface area contributed by atoms with E-state index in [-0.39, 0.29) is 0 Å². The number of anilines is 1. The van der Waals surface area contributed by atoms with Gasteiger partial charge in [-0.1, -0.05) is 24.6 Å².